The van der Waals surface area contributed by atoms with Crippen LogP contribution >= 0.6 is 23.2 Å². The molecule has 3 rings (SSSR count). The van der Waals surface area contributed by atoms with Crippen molar-refractivity contribution >= 4 is 44.8 Å². The highest BCUT2D eigenvalue weighted by Gasteiger charge is 2.29. The van der Waals surface area contributed by atoms with Gasteiger partial charge >= 0.3 is 0 Å². The first-order valence-electron chi connectivity index (χ1n) is 9.77. The molecular weight excluding hydrogens is 471 g/mol. The standard InChI is InChI=1S/C23H22Cl2N2O4S/c1-17-10-12-18(13-11-17)31-15-14-26-22(28)16-27(21-9-5-8-20(24)23(21)25)32(29,30)19-6-3-2-4-7-19/h2-13H,14-16H2,1H3,(H,26,28). The van der Waals surface area contributed by atoms with Gasteiger partial charge in [-0.1, -0.05) is 65.2 Å². The molecule has 0 heterocycles. The van der Waals surface area contributed by atoms with Gasteiger partial charge in [-0.05, 0) is 43.3 Å². The zero-order chi connectivity index (χ0) is 23.1. The lowest BCUT2D eigenvalue weighted by atomic mass is 10.2. The first-order chi connectivity index (χ1) is 15.3. The third kappa shape index (κ3) is 5.94. The fraction of sp³-hybridized carbons (Fsp3) is 0.174. The molecule has 32 heavy (non-hydrogen) atoms. The third-order valence-corrected chi connectivity index (χ3v) is 7.12. The van der Waals surface area contributed by atoms with Gasteiger partial charge < -0.3 is 10.1 Å². The Hall–Kier alpha value is -2.74. The Kier molecular flexibility index (Phi) is 8.01. The molecular formula is C23H22Cl2N2O4S. The molecule has 0 aliphatic carbocycles. The summed E-state index contributed by atoms with van der Waals surface area (Å²) in [6.45, 7) is 1.95. The van der Waals surface area contributed by atoms with Crippen molar-refractivity contribution in [1.29, 1.82) is 0 Å². The summed E-state index contributed by atoms with van der Waals surface area (Å²) in [7, 11) is -4.07. The predicted octanol–water partition coefficient (Wildman–Crippen LogP) is 4.69. The molecule has 3 aromatic carbocycles. The Labute approximate surface area is 197 Å². The first-order valence-corrected chi connectivity index (χ1v) is 12.0. The molecule has 0 saturated heterocycles. The van der Waals surface area contributed by atoms with Crippen molar-refractivity contribution in [2.75, 3.05) is 24.0 Å². The van der Waals surface area contributed by atoms with Gasteiger partial charge in [0, 0.05) is 0 Å². The highest BCUT2D eigenvalue weighted by atomic mass is 35.5. The van der Waals surface area contributed by atoms with Crippen molar-refractivity contribution in [3.63, 3.8) is 0 Å². The zero-order valence-electron chi connectivity index (χ0n) is 17.3. The molecule has 0 spiro atoms. The van der Waals surface area contributed by atoms with Crippen molar-refractivity contribution in [2.45, 2.75) is 11.8 Å². The Morgan fingerprint density at radius 2 is 1.66 bits per heavy atom. The molecule has 0 aliphatic rings. The number of anilines is 1. The van der Waals surface area contributed by atoms with Crippen LogP contribution in [0.15, 0.2) is 77.7 Å². The van der Waals surface area contributed by atoms with E-state index in [1.807, 2.05) is 31.2 Å². The molecule has 0 saturated carbocycles. The van der Waals surface area contributed by atoms with Gasteiger partial charge in [-0.3, -0.25) is 9.10 Å². The minimum Gasteiger partial charge on any atom is -0.492 e. The van der Waals surface area contributed by atoms with E-state index in [1.54, 1.807) is 30.3 Å². The van der Waals surface area contributed by atoms with Crippen molar-refractivity contribution in [2.24, 2.45) is 0 Å². The second-order valence-corrected chi connectivity index (χ2v) is 9.56. The zero-order valence-corrected chi connectivity index (χ0v) is 19.6. The van der Waals surface area contributed by atoms with Crippen LogP contribution in [0.3, 0.4) is 0 Å². The van der Waals surface area contributed by atoms with E-state index in [4.69, 9.17) is 27.9 Å². The number of nitrogens with one attached hydrogen (secondary N) is 1. The van der Waals surface area contributed by atoms with Gasteiger partial charge in [0.15, 0.2) is 0 Å². The number of benzene rings is 3. The van der Waals surface area contributed by atoms with Gasteiger partial charge in [0.25, 0.3) is 10.0 Å². The fourth-order valence-corrected chi connectivity index (χ4v) is 4.79. The number of sulfonamides is 1. The van der Waals surface area contributed by atoms with Crippen LogP contribution in [0, 0.1) is 6.92 Å². The van der Waals surface area contributed by atoms with E-state index in [0.717, 1.165) is 9.87 Å². The third-order valence-electron chi connectivity index (χ3n) is 4.53. The second kappa shape index (κ2) is 10.7. The smallest absolute Gasteiger partial charge is 0.264 e. The average molecular weight is 493 g/mol. The summed E-state index contributed by atoms with van der Waals surface area (Å²) in [5, 5.41) is 2.91. The first kappa shape index (κ1) is 23.9. The summed E-state index contributed by atoms with van der Waals surface area (Å²) in [5.74, 6) is 0.178. The van der Waals surface area contributed by atoms with Crippen LogP contribution in [0.1, 0.15) is 5.56 Å². The van der Waals surface area contributed by atoms with Crippen LogP contribution in [0.2, 0.25) is 10.0 Å². The van der Waals surface area contributed by atoms with Crippen molar-refractivity contribution in [3.8, 4) is 5.75 Å². The average Bonchev–Trinajstić information content (AvgIpc) is 2.79. The van der Waals surface area contributed by atoms with Gasteiger partial charge in [0.2, 0.25) is 5.91 Å². The Balaban J connectivity index is 1.73. The van der Waals surface area contributed by atoms with E-state index >= 15 is 0 Å². The molecule has 0 aliphatic heterocycles. The van der Waals surface area contributed by atoms with Crippen molar-refractivity contribution in [3.05, 3.63) is 88.4 Å². The van der Waals surface area contributed by atoms with Gasteiger partial charge in [0.05, 0.1) is 27.2 Å². The molecule has 1 N–H and O–H groups in total. The summed E-state index contributed by atoms with van der Waals surface area (Å²) < 4.78 is 33.1. The minimum atomic E-state index is -4.07. The molecule has 0 aromatic heterocycles. The number of ether oxygens (including phenoxy) is 1. The Bertz CT molecular complexity index is 1170. The molecule has 168 valence electrons. The molecule has 3 aromatic rings. The number of halogens is 2. The molecule has 6 nitrogen and oxygen atoms in total. The van der Waals surface area contributed by atoms with Crippen LogP contribution in [-0.2, 0) is 14.8 Å². The van der Waals surface area contributed by atoms with Crippen LogP contribution in [0.4, 0.5) is 5.69 Å². The Morgan fingerprint density at radius 3 is 2.34 bits per heavy atom. The molecule has 9 heteroatoms. The van der Waals surface area contributed by atoms with Gasteiger partial charge in [0.1, 0.15) is 18.9 Å². The summed E-state index contributed by atoms with van der Waals surface area (Å²) >= 11 is 12.4. The predicted molar refractivity (Wildman–Crippen MR) is 127 cm³/mol. The number of amides is 1. The van der Waals surface area contributed by atoms with Gasteiger partial charge in [-0.2, -0.15) is 0 Å². The summed E-state index contributed by atoms with van der Waals surface area (Å²) in [6.07, 6.45) is 0. The summed E-state index contributed by atoms with van der Waals surface area (Å²) in [4.78, 5) is 12.6. The molecule has 0 atom stereocenters. The maximum Gasteiger partial charge on any atom is 0.264 e. The van der Waals surface area contributed by atoms with Crippen LogP contribution in [0.5, 0.6) is 5.75 Å². The molecule has 0 unspecified atom stereocenters. The minimum absolute atomic E-state index is 0.0338. The molecule has 0 radical (unpaired) electrons. The lowest BCUT2D eigenvalue weighted by molar-refractivity contribution is -0.119. The van der Waals surface area contributed by atoms with Crippen LogP contribution in [-0.4, -0.2) is 34.0 Å². The normalized spacial score (nSPS) is 11.1. The monoisotopic (exact) mass is 492 g/mol. The van der Waals surface area contributed by atoms with Crippen LogP contribution < -0.4 is 14.4 Å². The number of carbonyl (C=O) groups is 1. The van der Waals surface area contributed by atoms with E-state index < -0.39 is 22.5 Å². The van der Waals surface area contributed by atoms with Crippen molar-refractivity contribution < 1.29 is 17.9 Å². The SMILES string of the molecule is Cc1ccc(OCCNC(=O)CN(c2cccc(Cl)c2Cl)S(=O)(=O)c2ccccc2)cc1. The topological polar surface area (TPSA) is 75.7 Å². The van der Waals surface area contributed by atoms with Crippen molar-refractivity contribution in [1.82, 2.24) is 5.32 Å². The van der Waals surface area contributed by atoms with E-state index in [-0.39, 0.29) is 33.8 Å². The highest BCUT2D eigenvalue weighted by Crippen LogP contribution is 2.35. The molecule has 1 amide bonds. The largest absolute Gasteiger partial charge is 0.492 e. The lowest BCUT2D eigenvalue weighted by Gasteiger charge is -2.25. The maximum absolute atomic E-state index is 13.3. The van der Waals surface area contributed by atoms with E-state index in [2.05, 4.69) is 5.32 Å². The van der Waals surface area contributed by atoms with Gasteiger partial charge in [-0.25, -0.2) is 8.42 Å². The van der Waals surface area contributed by atoms with Gasteiger partial charge in [-0.15, -0.1) is 0 Å². The maximum atomic E-state index is 13.3. The summed E-state index contributed by atoms with van der Waals surface area (Å²) in [6, 6.07) is 20.0. The number of aryl methyl sites for hydroxylation is 1. The van der Waals surface area contributed by atoms with E-state index in [0.29, 0.717) is 5.75 Å². The fourth-order valence-electron chi connectivity index (χ4n) is 2.88. The lowest BCUT2D eigenvalue weighted by Crippen LogP contribution is -2.42. The molecule has 0 fully saturated rings. The number of hydrogen-bond acceptors (Lipinski definition) is 4. The quantitative estimate of drug-likeness (QED) is 0.439. The number of hydrogen-bond donors (Lipinski definition) is 1. The second-order valence-electron chi connectivity index (χ2n) is 6.91. The molecule has 0 bridgehead atoms. The number of carbonyl (C=O) groups excluding carboxylic acids is 1. The highest BCUT2D eigenvalue weighted by molar-refractivity contribution is 7.92. The number of nitrogens with zero attached hydrogens (tertiary/aromatic N) is 1. The van der Waals surface area contributed by atoms with Crippen LogP contribution in [0.25, 0.3) is 0 Å². The number of rotatable bonds is 9. The Morgan fingerprint density at radius 1 is 0.969 bits per heavy atom. The van der Waals surface area contributed by atoms with E-state index in [1.165, 1.54) is 18.2 Å². The summed E-state index contributed by atoms with van der Waals surface area (Å²) in [5.41, 5.74) is 1.24. The van der Waals surface area contributed by atoms with E-state index in [9.17, 15) is 13.2 Å².